The molecule has 0 aliphatic carbocycles. The summed E-state index contributed by atoms with van der Waals surface area (Å²) in [6.45, 7) is 4.53. The van der Waals surface area contributed by atoms with Crippen LogP contribution in [0.25, 0.3) is 0 Å². The molecule has 0 spiro atoms. The number of unbranched alkanes of at least 4 members (excludes halogenated alkanes) is 19. The van der Waals surface area contributed by atoms with Crippen LogP contribution in [0.4, 0.5) is 0 Å². The minimum atomic E-state index is -0.569. The van der Waals surface area contributed by atoms with Crippen LogP contribution < -0.4 is 0 Å². The fraction of sp³-hybridized carbons (Fsp3) is 0.900. The van der Waals surface area contributed by atoms with Gasteiger partial charge in [0, 0.05) is 0 Å². The van der Waals surface area contributed by atoms with Crippen LogP contribution in [0.1, 0.15) is 168 Å². The molecule has 0 heterocycles. The van der Waals surface area contributed by atoms with Crippen LogP contribution in [0, 0.1) is 5.92 Å². The lowest BCUT2D eigenvalue weighted by atomic mass is 9.94. The van der Waals surface area contributed by atoms with Gasteiger partial charge in [-0.15, -0.1) is 0 Å². The van der Waals surface area contributed by atoms with E-state index < -0.39 is 5.97 Å². The average molecular weight is 451 g/mol. The maximum atomic E-state index is 11.5. The van der Waals surface area contributed by atoms with Crippen LogP contribution in [0.15, 0.2) is 12.2 Å². The summed E-state index contributed by atoms with van der Waals surface area (Å²) in [7, 11) is 0. The lowest BCUT2D eigenvalue weighted by molar-refractivity contribution is -0.142. The van der Waals surface area contributed by atoms with Gasteiger partial charge in [-0.1, -0.05) is 142 Å². The van der Waals surface area contributed by atoms with Crippen LogP contribution in [0.3, 0.4) is 0 Å². The van der Waals surface area contributed by atoms with Crippen LogP contribution in [-0.4, -0.2) is 11.1 Å². The van der Waals surface area contributed by atoms with Gasteiger partial charge in [-0.05, 0) is 38.5 Å². The Kier molecular flexibility index (Phi) is 25.8. The van der Waals surface area contributed by atoms with Crippen molar-refractivity contribution in [2.45, 2.75) is 168 Å². The molecule has 0 saturated heterocycles. The number of aliphatic carboxylic acids is 1. The molecule has 0 aliphatic heterocycles. The van der Waals surface area contributed by atoms with Gasteiger partial charge in [0.1, 0.15) is 0 Å². The van der Waals surface area contributed by atoms with E-state index in [9.17, 15) is 9.90 Å². The zero-order valence-corrected chi connectivity index (χ0v) is 22.1. The molecule has 0 fully saturated rings. The normalized spacial score (nSPS) is 12.6. The summed E-state index contributed by atoms with van der Waals surface area (Å²) in [5.41, 5.74) is 0. The molecule has 0 rings (SSSR count). The molecule has 0 radical (unpaired) electrons. The van der Waals surface area contributed by atoms with Gasteiger partial charge in [-0.2, -0.15) is 0 Å². The van der Waals surface area contributed by atoms with Gasteiger partial charge in [0.25, 0.3) is 0 Å². The minimum Gasteiger partial charge on any atom is -0.481 e. The van der Waals surface area contributed by atoms with Crippen LogP contribution in [0.2, 0.25) is 0 Å². The largest absolute Gasteiger partial charge is 0.481 e. The average Bonchev–Trinajstić information content (AvgIpc) is 2.78. The Morgan fingerprint density at radius 1 is 0.531 bits per heavy atom. The van der Waals surface area contributed by atoms with Crippen molar-refractivity contribution in [1.29, 1.82) is 0 Å². The first kappa shape index (κ1) is 31.2. The fourth-order valence-electron chi connectivity index (χ4n) is 4.55. The Labute approximate surface area is 202 Å². The van der Waals surface area contributed by atoms with Gasteiger partial charge in [0.2, 0.25) is 0 Å². The molecule has 0 bridgehead atoms. The van der Waals surface area contributed by atoms with Crippen LogP contribution in [0.5, 0.6) is 0 Å². The van der Waals surface area contributed by atoms with E-state index in [4.69, 9.17) is 0 Å². The SMILES string of the molecule is CCCCCCCCC=CCCCCCCCCC(CCCCCCCCCC)C(=O)O. The Hall–Kier alpha value is -0.790. The monoisotopic (exact) mass is 450 g/mol. The number of carbonyl (C=O) groups is 1. The molecule has 32 heavy (non-hydrogen) atoms. The third-order valence-electron chi connectivity index (χ3n) is 6.82. The standard InChI is InChI=1S/C30H58O2/c1-3-5-7-9-11-13-14-15-16-17-18-19-20-22-24-26-28-29(30(31)32)27-25-23-21-12-10-8-6-4-2/h15-16,29H,3-14,17-28H2,1-2H3,(H,31,32). The molecule has 0 saturated carbocycles. The summed E-state index contributed by atoms with van der Waals surface area (Å²) >= 11 is 0. The van der Waals surface area contributed by atoms with Crippen molar-refractivity contribution in [1.82, 2.24) is 0 Å². The molecule has 0 aromatic rings. The summed E-state index contributed by atoms with van der Waals surface area (Å²) in [5.74, 6) is -0.674. The van der Waals surface area contributed by atoms with E-state index in [2.05, 4.69) is 26.0 Å². The molecule has 1 unspecified atom stereocenters. The molecular weight excluding hydrogens is 392 g/mol. The summed E-state index contributed by atoms with van der Waals surface area (Å²) in [6, 6.07) is 0. The summed E-state index contributed by atoms with van der Waals surface area (Å²) < 4.78 is 0. The molecule has 0 aliphatic rings. The smallest absolute Gasteiger partial charge is 0.306 e. The van der Waals surface area contributed by atoms with Crippen molar-refractivity contribution in [3.05, 3.63) is 12.2 Å². The Morgan fingerprint density at radius 3 is 1.19 bits per heavy atom. The highest BCUT2D eigenvalue weighted by atomic mass is 16.4. The van der Waals surface area contributed by atoms with E-state index in [-0.39, 0.29) is 5.92 Å². The van der Waals surface area contributed by atoms with E-state index in [1.54, 1.807) is 0 Å². The highest BCUT2D eigenvalue weighted by molar-refractivity contribution is 5.69. The second-order valence-corrected chi connectivity index (χ2v) is 10.0. The first-order valence-corrected chi connectivity index (χ1v) is 14.6. The van der Waals surface area contributed by atoms with Crippen molar-refractivity contribution in [2.75, 3.05) is 0 Å². The first-order chi connectivity index (χ1) is 15.7. The minimum absolute atomic E-state index is 0.105. The number of allylic oxidation sites excluding steroid dienone is 2. The van der Waals surface area contributed by atoms with E-state index in [1.807, 2.05) is 0 Å². The van der Waals surface area contributed by atoms with Gasteiger partial charge >= 0.3 is 5.97 Å². The second-order valence-electron chi connectivity index (χ2n) is 10.0. The fourth-order valence-corrected chi connectivity index (χ4v) is 4.55. The van der Waals surface area contributed by atoms with Crippen LogP contribution >= 0.6 is 0 Å². The highest BCUT2D eigenvalue weighted by Crippen LogP contribution is 2.20. The van der Waals surface area contributed by atoms with Crippen molar-refractivity contribution < 1.29 is 9.90 Å². The van der Waals surface area contributed by atoms with E-state index in [0.29, 0.717) is 0 Å². The van der Waals surface area contributed by atoms with Crippen LogP contribution in [-0.2, 0) is 4.79 Å². The summed E-state index contributed by atoms with van der Waals surface area (Å²) in [5, 5.41) is 9.49. The van der Waals surface area contributed by atoms with Crippen molar-refractivity contribution >= 4 is 5.97 Å². The molecule has 1 N–H and O–H groups in total. The zero-order valence-electron chi connectivity index (χ0n) is 22.1. The molecule has 2 nitrogen and oxygen atoms in total. The maximum absolute atomic E-state index is 11.5. The van der Waals surface area contributed by atoms with Crippen molar-refractivity contribution in [2.24, 2.45) is 5.92 Å². The Bertz CT molecular complexity index is 402. The number of hydrogen-bond acceptors (Lipinski definition) is 1. The van der Waals surface area contributed by atoms with E-state index in [0.717, 1.165) is 25.7 Å². The predicted molar refractivity (Wildman–Crippen MR) is 142 cm³/mol. The van der Waals surface area contributed by atoms with Gasteiger partial charge in [-0.25, -0.2) is 0 Å². The molecular formula is C30H58O2. The lowest BCUT2D eigenvalue weighted by Crippen LogP contribution is -2.13. The summed E-state index contributed by atoms with van der Waals surface area (Å²) in [4.78, 5) is 11.5. The third kappa shape index (κ3) is 23.9. The highest BCUT2D eigenvalue weighted by Gasteiger charge is 2.16. The molecule has 2 heteroatoms. The molecule has 1 atom stereocenters. The molecule has 190 valence electrons. The Morgan fingerprint density at radius 2 is 0.844 bits per heavy atom. The molecule has 0 aromatic heterocycles. The number of rotatable bonds is 26. The molecule has 0 amide bonds. The lowest BCUT2D eigenvalue weighted by Gasteiger charge is -2.12. The van der Waals surface area contributed by atoms with Gasteiger partial charge in [-0.3, -0.25) is 4.79 Å². The Balaban J connectivity index is 3.44. The van der Waals surface area contributed by atoms with Crippen molar-refractivity contribution in [3.63, 3.8) is 0 Å². The topological polar surface area (TPSA) is 37.3 Å². The molecule has 0 aromatic carbocycles. The zero-order chi connectivity index (χ0) is 23.5. The predicted octanol–water partition coefficient (Wildman–Crippen LogP) is 10.6. The van der Waals surface area contributed by atoms with E-state index >= 15 is 0 Å². The van der Waals surface area contributed by atoms with Gasteiger partial charge in [0.15, 0.2) is 0 Å². The van der Waals surface area contributed by atoms with Crippen molar-refractivity contribution in [3.8, 4) is 0 Å². The maximum Gasteiger partial charge on any atom is 0.306 e. The number of hydrogen-bond donors (Lipinski definition) is 1. The van der Waals surface area contributed by atoms with Gasteiger partial charge in [0.05, 0.1) is 5.92 Å². The first-order valence-electron chi connectivity index (χ1n) is 14.6. The quantitative estimate of drug-likeness (QED) is 0.105. The van der Waals surface area contributed by atoms with E-state index in [1.165, 1.54) is 128 Å². The number of carboxylic acid groups (broad SMARTS) is 1. The second kappa shape index (κ2) is 26.5. The number of carboxylic acids is 1. The third-order valence-corrected chi connectivity index (χ3v) is 6.82. The van der Waals surface area contributed by atoms with Gasteiger partial charge < -0.3 is 5.11 Å². The summed E-state index contributed by atoms with van der Waals surface area (Å²) in [6.07, 6.45) is 35.1.